The number of hydrogen-bond donors (Lipinski definition) is 1. The minimum Gasteiger partial charge on any atom is -0.376 e. The van der Waals surface area contributed by atoms with Crippen LogP contribution in [-0.4, -0.2) is 27.2 Å². The van der Waals surface area contributed by atoms with Gasteiger partial charge in [-0.15, -0.1) is 0 Å². The number of pyridine rings is 1. The van der Waals surface area contributed by atoms with E-state index < -0.39 is 11.7 Å². The van der Waals surface area contributed by atoms with Crippen molar-refractivity contribution in [2.24, 2.45) is 0 Å². The van der Waals surface area contributed by atoms with Crippen molar-refractivity contribution in [3.8, 4) is 11.1 Å². The van der Waals surface area contributed by atoms with Crippen LogP contribution in [0.3, 0.4) is 0 Å². The Labute approximate surface area is 140 Å². The van der Waals surface area contributed by atoms with Crippen LogP contribution in [0.25, 0.3) is 22.3 Å². The Morgan fingerprint density at radius 3 is 2.76 bits per heavy atom. The Morgan fingerprint density at radius 1 is 1.28 bits per heavy atom. The molecule has 1 aromatic carbocycles. The van der Waals surface area contributed by atoms with Crippen molar-refractivity contribution >= 4 is 11.2 Å². The highest BCUT2D eigenvalue weighted by atomic mass is 19.4. The van der Waals surface area contributed by atoms with Crippen molar-refractivity contribution in [2.75, 3.05) is 6.61 Å². The van der Waals surface area contributed by atoms with Gasteiger partial charge in [0, 0.05) is 18.4 Å². The van der Waals surface area contributed by atoms with E-state index in [1.807, 2.05) is 0 Å². The van der Waals surface area contributed by atoms with E-state index in [0.29, 0.717) is 35.4 Å². The summed E-state index contributed by atoms with van der Waals surface area (Å²) in [5.41, 5.74) is 0.833. The number of hydrogen-bond acceptors (Lipinski definition) is 3. The first-order chi connectivity index (χ1) is 11.9. The number of ether oxygens (including phenoxy) is 1. The van der Waals surface area contributed by atoms with E-state index in [1.165, 1.54) is 16.8 Å². The zero-order valence-corrected chi connectivity index (χ0v) is 13.0. The lowest BCUT2D eigenvalue weighted by Gasteiger charge is -2.26. The van der Waals surface area contributed by atoms with Crippen LogP contribution in [0.4, 0.5) is 13.2 Å². The van der Waals surface area contributed by atoms with Gasteiger partial charge in [0.15, 0.2) is 5.65 Å². The van der Waals surface area contributed by atoms with Gasteiger partial charge in [0.2, 0.25) is 0 Å². The molecule has 4 rings (SSSR count). The molecule has 0 radical (unpaired) electrons. The van der Waals surface area contributed by atoms with Crippen molar-refractivity contribution in [1.82, 2.24) is 14.5 Å². The Hall–Kier alpha value is -2.61. The van der Waals surface area contributed by atoms with Crippen LogP contribution in [0.15, 0.2) is 41.3 Å². The van der Waals surface area contributed by atoms with Gasteiger partial charge in [-0.1, -0.05) is 12.1 Å². The summed E-state index contributed by atoms with van der Waals surface area (Å²) in [7, 11) is 0. The average Bonchev–Trinajstić information content (AvgIpc) is 2.85. The van der Waals surface area contributed by atoms with Gasteiger partial charge < -0.3 is 4.74 Å². The number of imidazole rings is 1. The second kappa shape index (κ2) is 5.73. The highest BCUT2D eigenvalue weighted by Crippen LogP contribution is 2.32. The van der Waals surface area contributed by atoms with E-state index in [0.717, 1.165) is 18.6 Å². The summed E-state index contributed by atoms with van der Waals surface area (Å²) in [6.07, 6.45) is -2.10. The second-order valence-corrected chi connectivity index (χ2v) is 5.99. The van der Waals surface area contributed by atoms with Gasteiger partial charge in [0.05, 0.1) is 23.7 Å². The van der Waals surface area contributed by atoms with Crippen LogP contribution >= 0.6 is 0 Å². The maximum atomic E-state index is 12.9. The fourth-order valence-electron chi connectivity index (χ4n) is 2.88. The number of benzene rings is 1. The molecule has 1 saturated heterocycles. The fraction of sp³-hybridized carbons (Fsp3) is 0.294. The molecule has 2 aromatic heterocycles. The topological polar surface area (TPSA) is 59.9 Å². The molecular formula is C17H14F3N3O2. The second-order valence-electron chi connectivity index (χ2n) is 5.99. The lowest BCUT2D eigenvalue weighted by molar-refractivity contribution is -0.137. The van der Waals surface area contributed by atoms with Gasteiger partial charge in [-0.2, -0.15) is 13.2 Å². The molecule has 0 bridgehead atoms. The first kappa shape index (κ1) is 15.9. The van der Waals surface area contributed by atoms with Crippen molar-refractivity contribution < 1.29 is 17.9 Å². The van der Waals surface area contributed by atoms with E-state index in [9.17, 15) is 18.0 Å². The maximum absolute atomic E-state index is 12.9. The predicted octanol–water partition coefficient (Wildman–Crippen LogP) is 3.20. The van der Waals surface area contributed by atoms with Gasteiger partial charge in [-0.05, 0) is 30.2 Å². The molecule has 0 amide bonds. The highest BCUT2D eigenvalue weighted by Gasteiger charge is 2.30. The summed E-state index contributed by atoms with van der Waals surface area (Å²) in [6.45, 7) is 1.07. The Morgan fingerprint density at radius 2 is 2.08 bits per heavy atom. The van der Waals surface area contributed by atoms with Crippen molar-refractivity contribution in [3.05, 3.63) is 52.6 Å². The summed E-state index contributed by atoms with van der Waals surface area (Å²) in [4.78, 5) is 18.9. The van der Waals surface area contributed by atoms with E-state index in [2.05, 4.69) is 9.97 Å². The number of aromatic nitrogens is 3. The van der Waals surface area contributed by atoms with E-state index >= 15 is 0 Å². The summed E-state index contributed by atoms with van der Waals surface area (Å²) < 4.78 is 45.6. The van der Waals surface area contributed by atoms with Gasteiger partial charge in [-0.3, -0.25) is 9.55 Å². The molecule has 0 spiro atoms. The number of alkyl halides is 3. The van der Waals surface area contributed by atoms with E-state index in [4.69, 9.17) is 4.74 Å². The number of fused-ring (bicyclic) bond motifs is 1. The third-order valence-electron chi connectivity index (χ3n) is 4.33. The molecule has 1 atom stereocenters. The maximum Gasteiger partial charge on any atom is 0.416 e. The molecule has 1 aliphatic heterocycles. The van der Waals surface area contributed by atoms with Crippen molar-refractivity contribution in [3.63, 3.8) is 0 Å². The molecule has 8 heteroatoms. The summed E-state index contributed by atoms with van der Waals surface area (Å²) in [5.74, 6) is 0. The van der Waals surface area contributed by atoms with Crippen LogP contribution in [0, 0.1) is 0 Å². The zero-order chi connectivity index (χ0) is 17.6. The molecule has 0 unspecified atom stereocenters. The minimum atomic E-state index is -4.41. The highest BCUT2D eigenvalue weighted by molar-refractivity contribution is 5.78. The number of aromatic amines is 1. The molecular weight excluding hydrogens is 335 g/mol. The number of H-pyrrole nitrogens is 1. The lowest BCUT2D eigenvalue weighted by Crippen LogP contribution is -2.34. The molecule has 0 saturated carbocycles. The smallest absolute Gasteiger partial charge is 0.376 e. The predicted molar refractivity (Wildman–Crippen MR) is 85.1 cm³/mol. The molecule has 1 fully saturated rings. The summed E-state index contributed by atoms with van der Waals surface area (Å²) in [6, 6.07) is 6.72. The van der Waals surface area contributed by atoms with Crippen LogP contribution in [-0.2, 0) is 17.5 Å². The normalized spacial score (nSPS) is 17.6. The largest absolute Gasteiger partial charge is 0.416 e. The number of halogens is 3. The molecule has 25 heavy (non-hydrogen) atoms. The summed E-state index contributed by atoms with van der Waals surface area (Å²) >= 11 is 0. The third kappa shape index (κ3) is 2.93. The van der Waals surface area contributed by atoms with Crippen LogP contribution in [0.5, 0.6) is 0 Å². The third-order valence-corrected chi connectivity index (χ3v) is 4.33. The van der Waals surface area contributed by atoms with Crippen LogP contribution in [0.2, 0.25) is 0 Å². The first-order valence-corrected chi connectivity index (χ1v) is 7.79. The first-order valence-electron chi connectivity index (χ1n) is 7.79. The minimum absolute atomic E-state index is 0.0195. The van der Waals surface area contributed by atoms with E-state index in [-0.39, 0.29) is 11.8 Å². The van der Waals surface area contributed by atoms with Gasteiger partial charge in [0.1, 0.15) is 0 Å². The van der Waals surface area contributed by atoms with Crippen molar-refractivity contribution in [2.45, 2.75) is 25.2 Å². The van der Waals surface area contributed by atoms with Gasteiger partial charge >= 0.3 is 11.9 Å². The lowest BCUT2D eigenvalue weighted by atomic mass is 10.0. The monoisotopic (exact) mass is 349 g/mol. The molecule has 1 aliphatic rings. The fourth-order valence-corrected chi connectivity index (χ4v) is 2.88. The quantitative estimate of drug-likeness (QED) is 0.790. The Kier molecular flexibility index (Phi) is 3.64. The molecule has 130 valence electrons. The standard InChI is InChI=1S/C17H14F3N3O2/c18-17(19,20)12-3-1-2-10(6-12)11-7-14-15(21-8-11)22-16(24)23(14)9-13-4-5-25-13/h1-3,6-8,13H,4-5,9H2,(H,21,22,24)/t13-/m0/s1. The Balaban J connectivity index is 1.78. The van der Waals surface area contributed by atoms with E-state index in [1.54, 1.807) is 12.1 Å². The number of rotatable bonds is 3. The van der Waals surface area contributed by atoms with Crippen molar-refractivity contribution in [1.29, 1.82) is 0 Å². The Bertz CT molecular complexity index is 987. The number of nitrogens with one attached hydrogen (secondary N) is 1. The zero-order valence-electron chi connectivity index (χ0n) is 13.0. The molecule has 3 aromatic rings. The SMILES string of the molecule is O=c1[nH]c2ncc(-c3cccc(C(F)(F)F)c3)cc2n1C[C@@H]1CCO1. The summed E-state index contributed by atoms with van der Waals surface area (Å²) in [5, 5.41) is 0. The van der Waals surface area contributed by atoms with Gasteiger partial charge in [0.25, 0.3) is 0 Å². The van der Waals surface area contributed by atoms with Crippen LogP contribution < -0.4 is 5.69 Å². The van der Waals surface area contributed by atoms with Gasteiger partial charge in [-0.25, -0.2) is 9.78 Å². The average molecular weight is 349 g/mol. The molecule has 1 N–H and O–H groups in total. The number of nitrogens with zero attached hydrogens (tertiary/aromatic N) is 2. The molecule has 0 aliphatic carbocycles. The molecule has 3 heterocycles. The molecule has 5 nitrogen and oxygen atoms in total. The van der Waals surface area contributed by atoms with Crippen LogP contribution in [0.1, 0.15) is 12.0 Å².